The molecule has 4 rings (SSSR count). The van der Waals surface area contributed by atoms with E-state index < -0.39 is 11.3 Å². The molecule has 1 aliphatic rings. The molecule has 0 bridgehead atoms. The number of hydrogen-bond donors (Lipinski definition) is 3. The molecule has 0 aliphatic heterocycles. The van der Waals surface area contributed by atoms with Gasteiger partial charge in [-0.1, -0.05) is 45.9 Å². The average Bonchev–Trinajstić information content (AvgIpc) is 3.83. The Kier molecular flexibility index (Phi) is 13.9. The lowest BCUT2D eigenvalue weighted by Crippen LogP contribution is -2.38. The normalized spacial score (nSPS) is 13.4. The Bertz CT molecular complexity index is 1270. The topological polar surface area (TPSA) is 118 Å². The van der Waals surface area contributed by atoms with Crippen molar-refractivity contribution in [3.05, 3.63) is 70.4 Å². The quantitative estimate of drug-likeness (QED) is 0.258. The molecule has 1 unspecified atom stereocenters. The van der Waals surface area contributed by atoms with Gasteiger partial charge in [0, 0.05) is 41.7 Å². The summed E-state index contributed by atoms with van der Waals surface area (Å²) in [6.45, 7) is 12.6. The molecule has 39 heavy (non-hydrogen) atoms. The highest BCUT2D eigenvalue weighted by Gasteiger charge is 2.31. The highest BCUT2D eigenvalue weighted by molar-refractivity contribution is 5.86. The largest absolute Gasteiger partial charge is 0.315 e. The number of halogens is 1. The molecule has 1 aromatic heterocycles. The lowest BCUT2D eigenvalue weighted by atomic mass is 9.83. The fraction of sp³-hybridized carbons (Fsp3) is 0.400. The fourth-order valence-electron chi connectivity index (χ4n) is 4.04. The Morgan fingerprint density at radius 2 is 1.77 bits per heavy atom. The molecule has 3 N–H and O–H groups in total. The van der Waals surface area contributed by atoms with Gasteiger partial charge in [-0.05, 0) is 66.5 Å². The molecular weight excluding hydrogens is 501 g/mol. The molecule has 1 saturated carbocycles. The van der Waals surface area contributed by atoms with Gasteiger partial charge in [-0.15, -0.1) is 0 Å². The third-order valence-electron chi connectivity index (χ3n) is 6.83. The van der Waals surface area contributed by atoms with Crippen molar-refractivity contribution in [3.8, 4) is 11.1 Å². The van der Waals surface area contributed by atoms with Crippen LogP contribution in [0.5, 0.6) is 0 Å². The standard InChI is InChI=1S/C26H30FN3O3.C2H6.2CH2O/c1-3-26(2,25(32)29-33)11-13-30-12-10-19-15-18(5-9-22(19)24(30)31)21-8-4-17(14-23(21)27)16-28-20-6-7-20;3*1-2/h4-5,8-10,12,14-15,20,28,33H,3,6-7,11,13,16H2,1-2H3,(H,29,32);1-2H3;2*1H2. The highest BCUT2D eigenvalue weighted by atomic mass is 19.1. The number of fused-ring (bicyclic) bond motifs is 1. The molecule has 0 saturated heterocycles. The van der Waals surface area contributed by atoms with Crippen LogP contribution in [0.4, 0.5) is 4.39 Å². The van der Waals surface area contributed by atoms with Crippen LogP contribution in [0.2, 0.25) is 0 Å². The second-order valence-corrected chi connectivity index (χ2v) is 9.19. The summed E-state index contributed by atoms with van der Waals surface area (Å²) in [5, 5.41) is 13.7. The third kappa shape index (κ3) is 8.66. The summed E-state index contributed by atoms with van der Waals surface area (Å²) in [7, 11) is 0. The van der Waals surface area contributed by atoms with Gasteiger partial charge in [0.05, 0.1) is 0 Å². The molecule has 212 valence electrons. The first-order valence-electron chi connectivity index (χ1n) is 13.0. The van der Waals surface area contributed by atoms with Crippen molar-refractivity contribution in [1.29, 1.82) is 0 Å². The van der Waals surface area contributed by atoms with Gasteiger partial charge in [-0.3, -0.25) is 14.8 Å². The van der Waals surface area contributed by atoms with E-state index in [-0.39, 0.29) is 11.4 Å². The molecule has 1 amide bonds. The van der Waals surface area contributed by atoms with Crippen LogP contribution >= 0.6 is 0 Å². The van der Waals surface area contributed by atoms with E-state index in [1.165, 1.54) is 12.8 Å². The molecule has 9 heteroatoms. The number of rotatable bonds is 9. The van der Waals surface area contributed by atoms with Gasteiger partial charge in [0.1, 0.15) is 19.4 Å². The van der Waals surface area contributed by atoms with Crippen LogP contribution in [0, 0.1) is 11.2 Å². The van der Waals surface area contributed by atoms with Crippen molar-refractivity contribution < 1.29 is 24.0 Å². The number of carbonyl (C=O) groups is 3. The van der Waals surface area contributed by atoms with Crippen molar-refractivity contribution in [1.82, 2.24) is 15.4 Å². The summed E-state index contributed by atoms with van der Waals surface area (Å²) < 4.78 is 16.4. The molecule has 1 heterocycles. The molecule has 0 radical (unpaired) electrons. The maximum atomic E-state index is 14.8. The fourth-order valence-corrected chi connectivity index (χ4v) is 4.04. The van der Waals surface area contributed by atoms with Crippen LogP contribution < -0.4 is 16.4 Å². The van der Waals surface area contributed by atoms with E-state index in [9.17, 15) is 14.0 Å². The number of hydrogen-bond acceptors (Lipinski definition) is 6. The second-order valence-electron chi connectivity index (χ2n) is 9.19. The number of aromatic nitrogens is 1. The summed E-state index contributed by atoms with van der Waals surface area (Å²) in [5.74, 6) is -0.737. The molecule has 1 fully saturated rings. The highest BCUT2D eigenvalue weighted by Crippen LogP contribution is 2.28. The van der Waals surface area contributed by atoms with Crippen molar-refractivity contribution in [3.63, 3.8) is 0 Å². The number of amides is 1. The number of benzene rings is 2. The Morgan fingerprint density at radius 1 is 1.10 bits per heavy atom. The first kappa shape index (κ1) is 33.3. The van der Waals surface area contributed by atoms with Gasteiger partial charge in [-0.25, -0.2) is 9.87 Å². The van der Waals surface area contributed by atoms with Crippen LogP contribution in [0.15, 0.2) is 53.5 Å². The minimum Gasteiger partial charge on any atom is -0.315 e. The maximum absolute atomic E-state index is 14.8. The zero-order valence-corrected chi connectivity index (χ0v) is 23.3. The Balaban J connectivity index is 0.00000119. The number of pyridine rings is 1. The molecular formula is C30H40FN3O5. The van der Waals surface area contributed by atoms with Gasteiger partial charge < -0.3 is 19.5 Å². The van der Waals surface area contributed by atoms with Gasteiger partial charge in [0.2, 0.25) is 5.91 Å². The number of hydroxylamine groups is 1. The minimum atomic E-state index is -0.773. The number of nitrogens with zero attached hydrogens (tertiary/aromatic N) is 1. The van der Waals surface area contributed by atoms with Crippen molar-refractivity contribution >= 4 is 30.3 Å². The number of aryl methyl sites for hydroxylation is 1. The van der Waals surface area contributed by atoms with E-state index in [4.69, 9.17) is 14.8 Å². The van der Waals surface area contributed by atoms with Gasteiger partial charge in [0.25, 0.3) is 5.56 Å². The van der Waals surface area contributed by atoms with Crippen LogP contribution in [0.3, 0.4) is 0 Å². The molecule has 2 aromatic carbocycles. The lowest BCUT2D eigenvalue weighted by molar-refractivity contribution is -0.139. The van der Waals surface area contributed by atoms with Crippen LogP contribution in [-0.2, 0) is 27.5 Å². The van der Waals surface area contributed by atoms with E-state index in [0.717, 1.165) is 16.5 Å². The second kappa shape index (κ2) is 16.3. The number of carbonyl (C=O) groups excluding carboxylic acids is 3. The Hall–Kier alpha value is -3.69. The molecule has 1 atom stereocenters. The summed E-state index contributed by atoms with van der Waals surface area (Å²) in [5.41, 5.74) is 2.93. The average molecular weight is 542 g/mol. The van der Waals surface area contributed by atoms with Crippen LogP contribution in [0.25, 0.3) is 21.9 Å². The van der Waals surface area contributed by atoms with Crippen molar-refractivity contribution in [2.45, 2.75) is 72.5 Å². The smallest absolute Gasteiger partial charge is 0.258 e. The zero-order valence-electron chi connectivity index (χ0n) is 23.3. The van der Waals surface area contributed by atoms with E-state index in [2.05, 4.69) is 5.32 Å². The van der Waals surface area contributed by atoms with Crippen LogP contribution in [0.1, 0.15) is 58.9 Å². The summed E-state index contributed by atoms with van der Waals surface area (Å²) >= 11 is 0. The molecule has 1 aliphatic carbocycles. The summed E-state index contributed by atoms with van der Waals surface area (Å²) in [6, 6.07) is 13.0. The van der Waals surface area contributed by atoms with Crippen molar-refractivity contribution in [2.75, 3.05) is 0 Å². The maximum Gasteiger partial charge on any atom is 0.258 e. The van der Waals surface area contributed by atoms with E-state index in [0.29, 0.717) is 42.9 Å². The van der Waals surface area contributed by atoms with Gasteiger partial charge in [0.15, 0.2) is 0 Å². The summed E-state index contributed by atoms with van der Waals surface area (Å²) in [4.78, 5) is 41.0. The first-order chi connectivity index (χ1) is 18.8. The Morgan fingerprint density at radius 3 is 2.33 bits per heavy atom. The minimum absolute atomic E-state index is 0.163. The molecule has 8 nitrogen and oxygen atoms in total. The molecule has 3 aromatic rings. The first-order valence-corrected chi connectivity index (χ1v) is 13.0. The van der Waals surface area contributed by atoms with E-state index in [1.54, 1.807) is 47.4 Å². The monoisotopic (exact) mass is 541 g/mol. The summed E-state index contributed by atoms with van der Waals surface area (Å²) in [6.07, 6.45) is 5.02. The van der Waals surface area contributed by atoms with Crippen LogP contribution in [-0.4, -0.2) is 35.3 Å². The van der Waals surface area contributed by atoms with Crippen molar-refractivity contribution in [2.24, 2.45) is 5.41 Å². The van der Waals surface area contributed by atoms with E-state index in [1.807, 2.05) is 52.5 Å². The van der Waals surface area contributed by atoms with Gasteiger partial charge >= 0.3 is 0 Å². The predicted molar refractivity (Wildman–Crippen MR) is 152 cm³/mol. The third-order valence-corrected chi connectivity index (χ3v) is 6.83. The number of nitrogens with one attached hydrogen (secondary N) is 2. The zero-order chi connectivity index (χ0) is 29.6. The SMILES string of the molecule is C=O.C=O.CC.CCC(C)(CCn1ccc2cc(-c3ccc(CNC4CC4)cc3F)ccc2c1=O)C(=O)NO. The predicted octanol–water partition coefficient (Wildman–Crippen LogP) is 5.03. The Labute approximate surface area is 229 Å². The van der Waals surface area contributed by atoms with E-state index >= 15 is 0 Å². The molecule has 0 spiro atoms. The lowest BCUT2D eigenvalue weighted by Gasteiger charge is -2.25. The van der Waals surface area contributed by atoms with Gasteiger partial charge in [-0.2, -0.15) is 0 Å².